The molecule has 12 aromatic rings. The Morgan fingerprint density at radius 1 is 0.277 bits per heavy atom. The number of fused-ring (bicyclic) bond motifs is 16. The first-order valence-electron chi connectivity index (χ1n) is 22.5. The largest absolute Gasteiger partial charge is 0.456 e. The molecule has 1 spiro atoms. The molecule has 65 heavy (non-hydrogen) atoms. The third-order valence-corrected chi connectivity index (χ3v) is 14.3. The molecule has 0 fully saturated rings. The van der Waals surface area contributed by atoms with Gasteiger partial charge >= 0.3 is 0 Å². The Labute approximate surface area is 376 Å². The van der Waals surface area contributed by atoms with Gasteiger partial charge in [-0.1, -0.05) is 176 Å². The van der Waals surface area contributed by atoms with Gasteiger partial charge in [0, 0.05) is 27.8 Å². The van der Waals surface area contributed by atoms with Crippen molar-refractivity contribution in [3.05, 3.63) is 259 Å². The highest BCUT2D eigenvalue weighted by Gasteiger charge is 2.51. The van der Waals surface area contributed by atoms with Crippen molar-refractivity contribution in [2.45, 2.75) is 5.41 Å². The van der Waals surface area contributed by atoms with E-state index in [1.165, 1.54) is 77.2 Å². The molecule has 2 aliphatic carbocycles. The zero-order chi connectivity index (χ0) is 42.6. The average Bonchev–Trinajstić information content (AvgIpc) is 4.00. The topological polar surface area (TPSA) is 16.4 Å². The van der Waals surface area contributed by atoms with E-state index in [0.29, 0.717) is 0 Å². The van der Waals surface area contributed by atoms with Gasteiger partial charge in [-0.05, 0) is 149 Å². The highest BCUT2D eigenvalue weighted by Crippen LogP contribution is 2.63. The minimum Gasteiger partial charge on any atom is -0.456 e. The predicted molar refractivity (Wildman–Crippen MR) is 271 cm³/mol. The van der Waals surface area contributed by atoms with E-state index in [0.717, 1.165) is 50.1 Å². The Kier molecular flexibility index (Phi) is 7.64. The van der Waals surface area contributed by atoms with Crippen LogP contribution in [0.2, 0.25) is 0 Å². The number of anilines is 3. The number of hydrogen-bond acceptors (Lipinski definition) is 2. The van der Waals surface area contributed by atoms with Crippen LogP contribution in [-0.2, 0) is 5.41 Å². The molecule has 0 N–H and O–H groups in total. The van der Waals surface area contributed by atoms with Gasteiger partial charge < -0.3 is 9.32 Å². The molecular weight excluding hydrogens is 787 g/mol. The molecule has 2 nitrogen and oxygen atoms in total. The van der Waals surface area contributed by atoms with Crippen LogP contribution in [0.5, 0.6) is 0 Å². The smallest absolute Gasteiger partial charge is 0.135 e. The molecule has 11 aromatic carbocycles. The number of rotatable bonds is 5. The van der Waals surface area contributed by atoms with Crippen LogP contribution in [0.3, 0.4) is 0 Å². The fourth-order valence-corrected chi connectivity index (χ4v) is 11.4. The van der Waals surface area contributed by atoms with E-state index >= 15 is 0 Å². The number of hydrogen-bond donors (Lipinski definition) is 0. The third kappa shape index (κ3) is 5.23. The second-order valence-electron chi connectivity index (χ2n) is 17.6. The summed E-state index contributed by atoms with van der Waals surface area (Å²) in [6.07, 6.45) is 0. The maximum Gasteiger partial charge on any atom is 0.135 e. The van der Waals surface area contributed by atoms with Crippen LogP contribution in [0.15, 0.2) is 241 Å². The average molecular weight is 826 g/mol. The van der Waals surface area contributed by atoms with Gasteiger partial charge in [0.05, 0.1) is 5.41 Å². The molecule has 0 radical (unpaired) electrons. The Balaban J connectivity index is 0.925. The first kappa shape index (κ1) is 36.1. The summed E-state index contributed by atoms with van der Waals surface area (Å²) in [6.45, 7) is 0. The van der Waals surface area contributed by atoms with Crippen molar-refractivity contribution in [2.24, 2.45) is 0 Å². The summed E-state index contributed by atoms with van der Waals surface area (Å²) >= 11 is 0. The molecule has 0 amide bonds. The van der Waals surface area contributed by atoms with Crippen molar-refractivity contribution in [3.63, 3.8) is 0 Å². The highest BCUT2D eigenvalue weighted by molar-refractivity contribution is 6.09. The molecule has 302 valence electrons. The highest BCUT2D eigenvalue weighted by atomic mass is 16.3. The van der Waals surface area contributed by atoms with Crippen molar-refractivity contribution in [1.29, 1.82) is 0 Å². The predicted octanol–water partition coefficient (Wildman–Crippen LogP) is 17.0. The molecule has 2 heteroatoms. The molecule has 0 saturated heterocycles. The summed E-state index contributed by atoms with van der Waals surface area (Å²) in [4.78, 5) is 2.43. The maximum absolute atomic E-state index is 6.18. The number of furan rings is 1. The van der Waals surface area contributed by atoms with Gasteiger partial charge in [0.15, 0.2) is 0 Å². The lowest BCUT2D eigenvalue weighted by Gasteiger charge is -2.32. The van der Waals surface area contributed by atoms with Gasteiger partial charge in [-0.2, -0.15) is 0 Å². The van der Waals surface area contributed by atoms with E-state index in [4.69, 9.17) is 4.42 Å². The van der Waals surface area contributed by atoms with Crippen LogP contribution in [0, 0.1) is 0 Å². The Bertz CT molecular complexity index is 3830. The Morgan fingerprint density at radius 3 is 1.43 bits per heavy atom. The van der Waals surface area contributed by atoms with E-state index in [1.807, 2.05) is 12.1 Å². The molecule has 0 aliphatic heterocycles. The summed E-state index contributed by atoms with van der Waals surface area (Å²) in [7, 11) is 0. The molecular formula is C63H39NO. The number of benzene rings is 11. The molecule has 2 aliphatic rings. The first-order chi connectivity index (χ1) is 32.2. The molecule has 14 rings (SSSR count). The Morgan fingerprint density at radius 2 is 0.754 bits per heavy atom. The van der Waals surface area contributed by atoms with E-state index in [-0.39, 0.29) is 0 Å². The minimum atomic E-state index is -0.439. The summed E-state index contributed by atoms with van der Waals surface area (Å²) in [5.74, 6) is 0. The standard InChI is InChI=1S/C63H39NO/c1-2-12-49-42(11-1)21-22-45-37-43(27-34-50(45)49)40-23-29-46(30-24-40)64(47-31-25-41(26-32-47)44-28-36-62-56(38-44)55-16-6-10-20-61(55)65-62)48-33-35-54-53-15-5-9-19-59(53)63(60(54)39-48)57-17-7-3-13-51(57)52-14-4-8-18-58(52)63/h1-39H. The molecule has 0 atom stereocenters. The van der Waals surface area contributed by atoms with E-state index < -0.39 is 5.41 Å². The lowest BCUT2D eigenvalue weighted by atomic mass is 9.70. The maximum atomic E-state index is 6.18. The van der Waals surface area contributed by atoms with Crippen molar-refractivity contribution in [3.8, 4) is 44.5 Å². The van der Waals surface area contributed by atoms with Crippen LogP contribution in [0.4, 0.5) is 17.1 Å². The fraction of sp³-hybridized carbons (Fsp3) is 0.0159. The van der Waals surface area contributed by atoms with Crippen molar-refractivity contribution in [1.82, 2.24) is 0 Å². The SMILES string of the molecule is c1ccc2c(c1)-c1ccccc1C21c2ccccc2-c2ccc(N(c3ccc(-c4ccc5c(ccc6ccccc65)c4)cc3)c3ccc(-c4ccc5oc6ccccc6c5c4)cc3)cc21. The number of para-hydroxylation sites is 1. The number of nitrogens with zero attached hydrogens (tertiary/aromatic N) is 1. The van der Waals surface area contributed by atoms with Crippen LogP contribution in [-0.4, -0.2) is 0 Å². The second-order valence-corrected chi connectivity index (χ2v) is 17.6. The van der Waals surface area contributed by atoms with Gasteiger partial charge in [-0.3, -0.25) is 0 Å². The van der Waals surface area contributed by atoms with Gasteiger partial charge in [-0.15, -0.1) is 0 Å². The monoisotopic (exact) mass is 825 g/mol. The molecule has 1 aromatic heterocycles. The zero-order valence-corrected chi connectivity index (χ0v) is 35.4. The summed E-state index contributed by atoms with van der Waals surface area (Å²) in [5.41, 5.74) is 19.9. The first-order valence-corrected chi connectivity index (χ1v) is 22.5. The van der Waals surface area contributed by atoms with Gasteiger partial charge in [0.2, 0.25) is 0 Å². The van der Waals surface area contributed by atoms with Crippen LogP contribution in [0.1, 0.15) is 22.3 Å². The molecule has 0 unspecified atom stereocenters. The van der Waals surface area contributed by atoms with Crippen LogP contribution >= 0.6 is 0 Å². The van der Waals surface area contributed by atoms with Crippen molar-refractivity contribution in [2.75, 3.05) is 4.90 Å². The van der Waals surface area contributed by atoms with Gasteiger partial charge in [0.25, 0.3) is 0 Å². The molecule has 0 saturated carbocycles. The van der Waals surface area contributed by atoms with E-state index in [1.54, 1.807) is 0 Å². The normalized spacial score (nSPS) is 13.0. The van der Waals surface area contributed by atoms with Crippen LogP contribution in [0.25, 0.3) is 88.0 Å². The molecule has 0 bridgehead atoms. The Hall–Kier alpha value is -8.46. The quantitative estimate of drug-likeness (QED) is 0.161. The molecule has 1 heterocycles. The summed E-state index contributed by atoms with van der Waals surface area (Å²) in [5, 5.41) is 7.34. The summed E-state index contributed by atoms with van der Waals surface area (Å²) < 4.78 is 6.18. The van der Waals surface area contributed by atoms with Crippen molar-refractivity contribution >= 4 is 60.5 Å². The lowest BCUT2D eigenvalue weighted by Crippen LogP contribution is -2.26. The van der Waals surface area contributed by atoms with Gasteiger partial charge in [0.1, 0.15) is 11.2 Å². The zero-order valence-electron chi connectivity index (χ0n) is 35.4. The van der Waals surface area contributed by atoms with Crippen LogP contribution < -0.4 is 4.90 Å². The lowest BCUT2D eigenvalue weighted by molar-refractivity contribution is 0.669. The van der Waals surface area contributed by atoms with E-state index in [9.17, 15) is 0 Å². The fourth-order valence-electron chi connectivity index (χ4n) is 11.4. The van der Waals surface area contributed by atoms with Crippen molar-refractivity contribution < 1.29 is 4.42 Å². The third-order valence-electron chi connectivity index (χ3n) is 14.3. The minimum absolute atomic E-state index is 0.439. The van der Waals surface area contributed by atoms with Gasteiger partial charge in [-0.25, -0.2) is 0 Å². The van der Waals surface area contributed by atoms with E-state index in [2.05, 4.69) is 229 Å². The summed E-state index contributed by atoms with van der Waals surface area (Å²) in [6, 6.07) is 87.2. The second kappa shape index (κ2) is 13.8.